The number of hydrogen-bond acceptors (Lipinski definition) is 5. The number of nitrogens with zero attached hydrogens (tertiary/aromatic N) is 2. The third-order valence-electron chi connectivity index (χ3n) is 3.74. The van der Waals surface area contributed by atoms with Crippen LogP contribution in [0.2, 0.25) is 5.02 Å². The van der Waals surface area contributed by atoms with Gasteiger partial charge in [-0.05, 0) is 42.0 Å². The van der Waals surface area contributed by atoms with Gasteiger partial charge >= 0.3 is 0 Å². The van der Waals surface area contributed by atoms with Crippen LogP contribution in [0.4, 0.5) is 16.5 Å². The van der Waals surface area contributed by atoms with Crippen LogP contribution in [0.15, 0.2) is 53.9 Å². The van der Waals surface area contributed by atoms with Crippen molar-refractivity contribution in [2.75, 3.05) is 24.3 Å². The lowest BCUT2D eigenvalue weighted by Gasteiger charge is -2.12. The number of amides is 1. The van der Waals surface area contributed by atoms with E-state index in [1.165, 1.54) is 11.3 Å². The Bertz CT molecular complexity index is 875. The summed E-state index contributed by atoms with van der Waals surface area (Å²) in [7, 11) is 3.99. The van der Waals surface area contributed by atoms with Crippen molar-refractivity contribution >= 4 is 45.4 Å². The average molecular weight is 387 g/mol. The van der Waals surface area contributed by atoms with E-state index in [4.69, 9.17) is 11.6 Å². The van der Waals surface area contributed by atoms with E-state index >= 15 is 0 Å². The Hall–Kier alpha value is -2.57. The minimum atomic E-state index is -0.193. The second-order valence-corrected chi connectivity index (χ2v) is 7.21. The molecule has 1 amide bonds. The van der Waals surface area contributed by atoms with Crippen molar-refractivity contribution in [1.29, 1.82) is 0 Å². The maximum Gasteiger partial charge on any atom is 0.271 e. The number of halogens is 1. The summed E-state index contributed by atoms with van der Waals surface area (Å²) >= 11 is 7.26. The minimum absolute atomic E-state index is 0.193. The van der Waals surface area contributed by atoms with E-state index < -0.39 is 0 Å². The van der Waals surface area contributed by atoms with Crippen molar-refractivity contribution in [2.45, 2.75) is 6.54 Å². The number of hydrogen-bond donors (Lipinski definition) is 2. The molecule has 0 atom stereocenters. The molecule has 134 valence electrons. The Balaban J connectivity index is 1.56. The maximum absolute atomic E-state index is 12.3. The highest BCUT2D eigenvalue weighted by Gasteiger charge is 2.11. The molecular weight excluding hydrogens is 368 g/mol. The predicted molar refractivity (Wildman–Crippen MR) is 109 cm³/mol. The molecule has 0 aliphatic heterocycles. The standard InChI is InChI=1S/C19H19ClN4OS/c1-24(2)16-9-3-13(4-10-16)11-21-18(25)17-12-26-19(23-17)22-15-7-5-14(20)6-8-15/h3-10,12H,11H2,1-2H3,(H,21,25)(H,22,23). The zero-order chi connectivity index (χ0) is 18.5. The van der Waals surface area contributed by atoms with Crippen LogP contribution in [-0.2, 0) is 6.54 Å². The average Bonchev–Trinajstić information content (AvgIpc) is 3.10. The molecule has 0 unspecified atom stereocenters. The van der Waals surface area contributed by atoms with Gasteiger partial charge in [-0.15, -0.1) is 11.3 Å². The van der Waals surface area contributed by atoms with Crippen LogP contribution in [0.5, 0.6) is 0 Å². The van der Waals surface area contributed by atoms with Gasteiger partial charge < -0.3 is 15.5 Å². The number of thiazole rings is 1. The van der Waals surface area contributed by atoms with Crippen LogP contribution in [0.3, 0.4) is 0 Å². The highest BCUT2D eigenvalue weighted by atomic mass is 35.5. The number of benzene rings is 2. The molecule has 2 aromatic carbocycles. The van der Waals surface area contributed by atoms with Gasteiger partial charge in [-0.3, -0.25) is 4.79 Å². The molecule has 0 bridgehead atoms. The van der Waals surface area contributed by atoms with E-state index in [1.807, 2.05) is 55.4 Å². The zero-order valence-electron chi connectivity index (χ0n) is 14.5. The molecule has 0 aliphatic rings. The number of carbonyl (C=O) groups is 1. The SMILES string of the molecule is CN(C)c1ccc(CNC(=O)c2csc(Nc3ccc(Cl)cc3)n2)cc1. The van der Waals surface area contributed by atoms with Crippen LogP contribution < -0.4 is 15.5 Å². The van der Waals surface area contributed by atoms with Gasteiger partial charge in [0.25, 0.3) is 5.91 Å². The first-order valence-corrected chi connectivity index (χ1v) is 9.29. The van der Waals surface area contributed by atoms with Crippen molar-refractivity contribution in [1.82, 2.24) is 10.3 Å². The molecule has 0 radical (unpaired) electrons. The Kier molecular flexibility index (Phi) is 5.75. The summed E-state index contributed by atoms with van der Waals surface area (Å²) in [5.41, 5.74) is 3.43. The molecule has 1 heterocycles. The molecule has 26 heavy (non-hydrogen) atoms. The van der Waals surface area contributed by atoms with Gasteiger partial charge in [-0.1, -0.05) is 23.7 Å². The third-order valence-corrected chi connectivity index (χ3v) is 4.75. The fourth-order valence-corrected chi connectivity index (χ4v) is 3.11. The monoisotopic (exact) mass is 386 g/mol. The number of rotatable bonds is 6. The first-order valence-electron chi connectivity index (χ1n) is 8.04. The van der Waals surface area contributed by atoms with Crippen LogP contribution >= 0.6 is 22.9 Å². The van der Waals surface area contributed by atoms with Gasteiger partial charge in [-0.25, -0.2) is 4.98 Å². The van der Waals surface area contributed by atoms with Crippen LogP contribution in [0.25, 0.3) is 0 Å². The highest BCUT2D eigenvalue weighted by Crippen LogP contribution is 2.22. The normalized spacial score (nSPS) is 10.4. The van der Waals surface area contributed by atoms with Crippen molar-refractivity contribution in [3.8, 4) is 0 Å². The molecule has 5 nitrogen and oxygen atoms in total. The van der Waals surface area contributed by atoms with Gasteiger partial charge in [0.05, 0.1) is 0 Å². The van der Waals surface area contributed by atoms with Gasteiger partial charge in [0.15, 0.2) is 5.13 Å². The molecule has 0 saturated carbocycles. The summed E-state index contributed by atoms with van der Waals surface area (Å²) in [6.07, 6.45) is 0. The largest absolute Gasteiger partial charge is 0.378 e. The topological polar surface area (TPSA) is 57.3 Å². The van der Waals surface area contributed by atoms with E-state index in [-0.39, 0.29) is 5.91 Å². The number of nitrogens with one attached hydrogen (secondary N) is 2. The molecule has 2 N–H and O–H groups in total. The Morgan fingerprint density at radius 3 is 2.46 bits per heavy atom. The van der Waals surface area contributed by atoms with Crippen LogP contribution in [0, 0.1) is 0 Å². The van der Waals surface area contributed by atoms with Gasteiger partial charge in [0.1, 0.15) is 5.69 Å². The number of aromatic nitrogens is 1. The van der Waals surface area contributed by atoms with Crippen LogP contribution in [0.1, 0.15) is 16.1 Å². The predicted octanol–water partition coefficient (Wildman–Crippen LogP) is 4.54. The zero-order valence-corrected chi connectivity index (χ0v) is 16.1. The summed E-state index contributed by atoms with van der Waals surface area (Å²) in [5.74, 6) is -0.193. The van der Waals surface area contributed by atoms with E-state index in [1.54, 1.807) is 17.5 Å². The van der Waals surface area contributed by atoms with Gasteiger partial charge in [0, 0.05) is 42.4 Å². The molecule has 1 aromatic heterocycles. The summed E-state index contributed by atoms with van der Waals surface area (Å²) < 4.78 is 0. The first-order chi connectivity index (χ1) is 12.5. The van der Waals surface area contributed by atoms with E-state index in [9.17, 15) is 4.79 Å². The molecule has 0 spiro atoms. The highest BCUT2D eigenvalue weighted by molar-refractivity contribution is 7.14. The fraction of sp³-hybridized carbons (Fsp3) is 0.158. The Morgan fingerprint density at radius 2 is 1.81 bits per heavy atom. The van der Waals surface area contributed by atoms with E-state index in [0.29, 0.717) is 22.4 Å². The smallest absolute Gasteiger partial charge is 0.271 e. The Labute approximate surface area is 161 Å². The van der Waals surface area contributed by atoms with Crippen molar-refractivity contribution in [2.24, 2.45) is 0 Å². The fourth-order valence-electron chi connectivity index (χ4n) is 2.28. The maximum atomic E-state index is 12.3. The van der Waals surface area contributed by atoms with Crippen molar-refractivity contribution in [3.63, 3.8) is 0 Å². The van der Waals surface area contributed by atoms with Crippen molar-refractivity contribution < 1.29 is 4.79 Å². The minimum Gasteiger partial charge on any atom is -0.378 e. The molecule has 0 saturated heterocycles. The second-order valence-electron chi connectivity index (χ2n) is 5.91. The molecule has 7 heteroatoms. The number of anilines is 3. The van der Waals surface area contributed by atoms with E-state index in [2.05, 4.69) is 15.6 Å². The molecule has 3 aromatic rings. The molecule has 3 rings (SSSR count). The molecule has 0 aliphatic carbocycles. The molecular formula is C19H19ClN4OS. The summed E-state index contributed by atoms with van der Waals surface area (Å²) in [4.78, 5) is 18.7. The van der Waals surface area contributed by atoms with Gasteiger partial charge in [0.2, 0.25) is 0 Å². The lowest BCUT2D eigenvalue weighted by atomic mass is 10.2. The summed E-state index contributed by atoms with van der Waals surface area (Å²) in [5, 5.41) is 9.13. The third kappa shape index (κ3) is 4.74. The summed E-state index contributed by atoms with van der Waals surface area (Å²) in [6.45, 7) is 0.462. The first kappa shape index (κ1) is 18.2. The van der Waals surface area contributed by atoms with Crippen molar-refractivity contribution in [3.05, 3.63) is 70.2 Å². The lowest BCUT2D eigenvalue weighted by Crippen LogP contribution is -2.23. The van der Waals surface area contributed by atoms with Gasteiger partial charge in [-0.2, -0.15) is 0 Å². The van der Waals surface area contributed by atoms with E-state index in [0.717, 1.165) is 16.9 Å². The molecule has 0 fully saturated rings. The second kappa shape index (κ2) is 8.21. The lowest BCUT2D eigenvalue weighted by molar-refractivity contribution is 0.0946. The number of carbonyl (C=O) groups excluding carboxylic acids is 1. The van der Waals surface area contributed by atoms with Crippen LogP contribution in [-0.4, -0.2) is 25.0 Å². The quantitative estimate of drug-likeness (QED) is 0.653. The Morgan fingerprint density at radius 1 is 1.12 bits per heavy atom. The summed E-state index contributed by atoms with van der Waals surface area (Å²) in [6, 6.07) is 15.4.